The Hall–Kier alpha value is -1.55. The summed E-state index contributed by atoms with van der Waals surface area (Å²) in [5.41, 5.74) is 2.50. The molecule has 102 valence electrons. The third kappa shape index (κ3) is 2.45. The van der Waals surface area contributed by atoms with Crippen molar-refractivity contribution in [3.8, 4) is 0 Å². The Balaban J connectivity index is 1.85. The maximum absolute atomic E-state index is 12.1. The van der Waals surface area contributed by atoms with Gasteiger partial charge >= 0.3 is 6.03 Å². The highest BCUT2D eigenvalue weighted by Gasteiger charge is 2.37. The molecule has 2 amide bonds. The molecule has 2 aliphatic heterocycles. The van der Waals surface area contributed by atoms with Gasteiger partial charge in [-0.25, -0.2) is 4.79 Å². The SMILES string of the molecule is Cc1cccc([C@@H]2CNC(=O)N2C2CCNCC2)c1. The molecule has 4 nitrogen and oxygen atoms in total. The zero-order valence-corrected chi connectivity index (χ0v) is 11.4. The summed E-state index contributed by atoms with van der Waals surface area (Å²) in [6.07, 6.45) is 2.10. The summed E-state index contributed by atoms with van der Waals surface area (Å²) in [6.45, 7) is 4.85. The first-order valence-corrected chi connectivity index (χ1v) is 7.09. The molecule has 2 saturated heterocycles. The highest BCUT2D eigenvalue weighted by atomic mass is 16.2. The second kappa shape index (κ2) is 5.21. The normalized spacial score (nSPS) is 24.6. The summed E-state index contributed by atoms with van der Waals surface area (Å²) in [5, 5.41) is 6.36. The summed E-state index contributed by atoms with van der Waals surface area (Å²) >= 11 is 0. The van der Waals surface area contributed by atoms with E-state index in [0.29, 0.717) is 6.04 Å². The van der Waals surface area contributed by atoms with E-state index in [1.165, 1.54) is 11.1 Å². The minimum atomic E-state index is 0.0957. The number of nitrogens with one attached hydrogen (secondary N) is 2. The monoisotopic (exact) mass is 259 g/mol. The summed E-state index contributed by atoms with van der Waals surface area (Å²) in [5.74, 6) is 0. The van der Waals surface area contributed by atoms with E-state index in [0.717, 1.165) is 32.5 Å². The van der Waals surface area contributed by atoms with Crippen LogP contribution in [-0.2, 0) is 0 Å². The molecule has 2 fully saturated rings. The molecule has 2 aliphatic rings. The number of urea groups is 1. The first-order chi connectivity index (χ1) is 9.25. The van der Waals surface area contributed by atoms with Crippen LogP contribution in [0.3, 0.4) is 0 Å². The van der Waals surface area contributed by atoms with Gasteiger partial charge in [0, 0.05) is 12.6 Å². The van der Waals surface area contributed by atoms with Crippen molar-refractivity contribution in [2.45, 2.75) is 31.8 Å². The van der Waals surface area contributed by atoms with Gasteiger partial charge in [-0.2, -0.15) is 0 Å². The Morgan fingerprint density at radius 3 is 2.79 bits per heavy atom. The third-order valence-electron chi connectivity index (χ3n) is 4.15. The van der Waals surface area contributed by atoms with Gasteiger partial charge in [0.1, 0.15) is 0 Å². The van der Waals surface area contributed by atoms with Crippen LogP contribution < -0.4 is 10.6 Å². The molecule has 1 atom stereocenters. The number of carbonyl (C=O) groups is 1. The van der Waals surface area contributed by atoms with Crippen molar-refractivity contribution in [2.24, 2.45) is 0 Å². The van der Waals surface area contributed by atoms with Crippen LogP contribution in [0.1, 0.15) is 30.0 Å². The van der Waals surface area contributed by atoms with Crippen molar-refractivity contribution < 1.29 is 4.79 Å². The van der Waals surface area contributed by atoms with Crippen molar-refractivity contribution in [1.29, 1.82) is 0 Å². The minimum Gasteiger partial charge on any atom is -0.336 e. The maximum Gasteiger partial charge on any atom is 0.318 e. The molecule has 0 saturated carbocycles. The molecule has 1 aromatic rings. The summed E-state index contributed by atoms with van der Waals surface area (Å²) in [7, 11) is 0. The summed E-state index contributed by atoms with van der Waals surface area (Å²) < 4.78 is 0. The minimum absolute atomic E-state index is 0.0957. The van der Waals surface area contributed by atoms with Gasteiger partial charge in [0.25, 0.3) is 0 Å². The van der Waals surface area contributed by atoms with Gasteiger partial charge < -0.3 is 15.5 Å². The predicted molar refractivity (Wildman–Crippen MR) is 75.0 cm³/mol. The molecule has 0 spiro atoms. The van der Waals surface area contributed by atoms with Crippen LogP contribution in [0.2, 0.25) is 0 Å². The molecule has 0 aromatic heterocycles. The average molecular weight is 259 g/mol. The van der Waals surface area contributed by atoms with Crippen molar-refractivity contribution >= 4 is 6.03 Å². The second-order valence-corrected chi connectivity index (χ2v) is 5.50. The van der Waals surface area contributed by atoms with Crippen molar-refractivity contribution in [2.75, 3.05) is 19.6 Å². The fraction of sp³-hybridized carbons (Fsp3) is 0.533. The van der Waals surface area contributed by atoms with E-state index in [9.17, 15) is 4.79 Å². The topological polar surface area (TPSA) is 44.4 Å². The number of piperidine rings is 1. The Labute approximate surface area is 114 Å². The number of carbonyl (C=O) groups excluding carboxylic acids is 1. The molecule has 1 aromatic carbocycles. The van der Waals surface area contributed by atoms with Crippen LogP contribution in [0.4, 0.5) is 4.79 Å². The molecule has 2 heterocycles. The van der Waals surface area contributed by atoms with Crippen LogP contribution in [0.15, 0.2) is 24.3 Å². The number of nitrogens with zero attached hydrogens (tertiary/aromatic N) is 1. The van der Waals surface area contributed by atoms with Gasteiger partial charge in [0.05, 0.1) is 6.04 Å². The van der Waals surface area contributed by atoms with Gasteiger partial charge in [-0.3, -0.25) is 0 Å². The molecule has 0 radical (unpaired) electrons. The number of amides is 2. The number of benzene rings is 1. The molecular formula is C15H21N3O. The summed E-state index contributed by atoms with van der Waals surface area (Å²) in [4.78, 5) is 14.2. The predicted octanol–water partition coefficient (Wildman–Crippen LogP) is 1.81. The lowest BCUT2D eigenvalue weighted by atomic mass is 9.99. The lowest BCUT2D eigenvalue weighted by molar-refractivity contribution is 0.157. The van der Waals surface area contributed by atoms with Gasteiger partial charge in [0.2, 0.25) is 0 Å². The van der Waals surface area contributed by atoms with Gasteiger partial charge in [-0.05, 0) is 38.4 Å². The highest BCUT2D eigenvalue weighted by Crippen LogP contribution is 2.30. The van der Waals surface area contributed by atoms with Crippen molar-refractivity contribution in [1.82, 2.24) is 15.5 Å². The van der Waals surface area contributed by atoms with E-state index in [1.807, 2.05) is 0 Å². The second-order valence-electron chi connectivity index (χ2n) is 5.50. The molecular weight excluding hydrogens is 238 g/mol. The Morgan fingerprint density at radius 1 is 1.26 bits per heavy atom. The van der Waals surface area contributed by atoms with Crippen molar-refractivity contribution in [3.63, 3.8) is 0 Å². The largest absolute Gasteiger partial charge is 0.336 e. The average Bonchev–Trinajstić information content (AvgIpc) is 2.82. The molecule has 4 heteroatoms. The number of aryl methyl sites for hydroxylation is 1. The molecule has 0 unspecified atom stereocenters. The van der Waals surface area contributed by atoms with E-state index in [1.54, 1.807) is 0 Å². The van der Waals surface area contributed by atoms with Gasteiger partial charge in [-0.15, -0.1) is 0 Å². The van der Waals surface area contributed by atoms with Crippen LogP contribution >= 0.6 is 0 Å². The first-order valence-electron chi connectivity index (χ1n) is 7.09. The molecule has 19 heavy (non-hydrogen) atoms. The smallest absolute Gasteiger partial charge is 0.318 e. The molecule has 2 N–H and O–H groups in total. The Kier molecular flexibility index (Phi) is 3.42. The fourth-order valence-electron chi connectivity index (χ4n) is 3.18. The fourth-order valence-corrected chi connectivity index (χ4v) is 3.18. The zero-order valence-electron chi connectivity index (χ0n) is 11.4. The van der Waals surface area contributed by atoms with E-state index in [2.05, 4.69) is 46.7 Å². The number of hydrogen-bond acceptors (Lipinski definition) is 2. The van der Waals surface area contributed by atoms with E-state index >= 15 is 0 Å². The Bertz CT molecular complexity index is 468. The standard InChI is InChI=1S/C15H21N3O/c1-11-3-2-4-12(9-11)14-10-17-15(19)18(14)13-5-7-16-8-6-13/h2-4,9,13-14,16H,5-8,10H2,1H3,(H,17,19)/t14-/m0/s1. The van der Waals surface area contributed by atoms with Crippen LogP contribution in [0.5, 0.6) is 0 Å². The maximum atomic E-state index is 12.1. The quantitative estimate of drug-likeness (QED) is 0.851. The molecule has 0 aliphatic carbocycles. The van der Waals surface area contributed by atoms with Crippen LogP contribution in [0, 0.1) is 6.92 Å². The van der Waals surface area contributed by atoms with E-state index in [4.69, 9.17) is 0 Å². The molecule has 0 bridgehead atoms. The van der Waals surface area contributed by atoms with E-state index < -0.39 is 0 Å². The lowest BCUT2D eigenvalue weighted by Gasteiger charge is -2.35. The Morgan fingerprint density at radius 2 is 2.05 bits per heavy atom. The van der Waals surface area contributed by atoms with Gasteiger partial charge in [0.15, 0.2) is 0 Å². The number of hydrogen-bond donors (Lipinski definition) is 2. The third-order valence-corrected chi connectivity index (χ3v) is 4.15. The van der Waals surface area contributed by atoms with Crippen LogP contribution in [-0.4, -0.2) is 36.6 Å². The van der Waals surface area contributed by atoms with E-state index in [-0.39, 0.29) is 12.1 Å². The zero-order chi connectivity index (χ0) is 13.2. The van der Waals surface area contributed by atoms with Crippen LogP contribution in [0.25, 0.3) is 0 Å². The van der Waals surface area contributed by atoms with Crippen molar-refractivity contribution in [3.05, 3.63) is 35.4 Å². The highest BCUT2D eigenvalue weighted by molar-refractivity contribution is 5.77. The first kappa shape index (κ1) is 12.5. The summed E-state index contributed by atoms with van der Waals surface area (Å²) in [6, 6.07) is 9.16. The van der Waals surface area contributed by atoms with Gasteiger partial charge in [-0.1, -0.05) is 29.8 Å². The molecule has 3 rings (SSSR count). The number of rotatable bonds is 2. The lowest BCUT2D eigenvalue weighted by Crippen LogP contribution is -2.45.